The van der Waals surface area contributed by atoms with Crippen LogP contribution in [-0.4, -0.2) is 27.9 Å². The first-order chi connectivity index (χ1) is 8.44. The number of hydrogen-bond donors (Lipinski definition) is 1. The van der Waals surface area contributed by atoms with Crippen LogP contribution in [0, 0.1) is 11.3 Å². The molecule has 98 valence electrons. The SMILES string of the molecule is COc1ccc(OC)c(NS(=O)(=O)C(C)C#N)c1. The summed E-state index contributed by atoms with van der Waals surface area (Å²) < 4.78 is 35.9. The molecule has 1 atom stereocenters. The van der Waals surface area contributed by atoms with Crippen molar-refractivity contribution in [1.29, 1.82) is 5.26 Å². The fourth-order valence-corrected chi connectivity index (χ4v) is 1.99. The van der Waals surface area contributed by atoms with Gasteiger partial charge in [0.2, 0.25) is 10.0 Å². The first kappa shape index (κ1) is 14.1. The normalized spacial score (nSPS) is 12.3. The van der Waals surface area contributed by atoms with Gasteiger partial charge in [0.15, 0.2) is 5.25 Å². The van der Waals surface area contributed by atoms with Gasteiger partial charge >= 0.3 is 0 Å². The van der Waals surface area contributed by atoms with Crippen LogP contribution in [0.2, 0.25) is 0 Å². The van der Waals surface area contributed by atoms with E-state index in [1.54, 1.807) is 18.2 Å². The van der Waals surface area contributed by atoms with Crippen LogP contribution in [0.5, 0.6) is 11.5 Å². The van der Waals surface area contributed by atoms with Gasteiger partial charge < -0.3 is 9.47 Å². The third-order valence-electron chi connectivity index (χ3n) is 2.31. The van der Waals surface area contributed by atoms with Gasteiger partial charge in [-0.15, -0.1) is 0 Å². The van der Waals surface area contributed by atoms with Gasteiger partial charge in [-0.1, -0.05) is 0 Å². The zero-order valence-electron chi connectivity index (χ0n) is 10.3. The van der Waals surface area contributed by atoms with E-state index in [9.17, 15) is 8.42 Å². The Morgan fingerprint density at radius 3 is 2.50 bits per heavy atom. The van der Waals surface area contributed by atoms with Crippen LogP contribution in [0.25, 0.3) is 0 Å². The summed E-state index contributed by atoms with van der Waals surface area (Å²) in [7, 11) is -0.873. The van der Waals surface area contributed by atoms with Crippen molar-refractivity contribution in [3.05, 3.63) is 18.2 Å². The van der Waals surface area contributed by atoms with Crippen molar-refractivity contribution in [2.24, 2.45) is 0 Å². The molecule has 0 spiro atoms. The maximum absolute atomic E-state index is 11.8. The fraction of sp³-hybridized carbons (Fsp3) is 0.364. The number of hydrogen-bond acceptors (Lipinski definition) is 5. The standard InChI is InChI=1S/C11H14N2O4S/c1-8(7-12)18(14,15)13-10-6-9(16-2)4-5-11(10)17-3/h4-6,8,13H,1-3H3. The van der Waals surface area contributed by atoms with Crippen molar-refractivity contribution >= 4 is 15.7 Å². The van der Waals surface area contributed by atoms with Gasteiger partial charge in [0.1, 0.15) is 11.5 Å². The fourth-order valence-electron chi connectivity index (χ4n) is 1.20. The maximum atomic E-state index is 11.8. The molecule has 0 aromatic heterocycles. The van der Waals surface area contributed by atoms with E-state index in [0.29, 0.717) is 11.5 Å². The topological polar surface area (TPSA) is 88.4 Å². The minimum Gasteiger partial charge on any atom is -0.497 e. The second-order valence-electron chi connectivity index (χ2n) is 3.48. The highest BCUT2D eigenvalue weighted by atomic mass is 32.2. The van der Waals surface area contributed by atoms with E-state index in [-0.39, 0.29) is 5.69 Å². The largest absolute Gasteiger partial charge is 0.497 e. The van der Waals surface area contributed by atoms with Crippen molar-refractivity contribution in [1.82, 2.24) is 0 Å². The van der Waals surface area contributed by atoms with Crippen molar-refractivity contribution in [3.8, 4) is 17.6 Å². The molecular weight excluding hydrogens is 256 g/mol. The van der Waals surface area contributed by atoms with Crippen LogP contribution in [0.1, 0.15) is 6.92 Å². The molecule has 1 N–H and O–H groups in total. The zero-order chi connectivity index (χ0) is 13.8. The van der Waals surface area contributed by atoms with Gasteiger partial charge in [0.05, 0.1) is 26.0 Å². The Bertz CT molecular complexity index is 563. The number of nitrogens with zero attached hydrogens (tertiary/aromatic N) is 1. The number of sulfonamides is 1. The third-order valence-corrected chi connectivity index (χ3v) is 3.85. The van der Waals surface area contributed by atoms with Gasteiger partial charge in [-0.2, -0.15) is 5.26 Å². The molecule has 0 heterocycles. The van der Waals surface area contributed by atoms with E-state index in [1.165, 1.54) is 27.2 Å². The molecule has 0 aliphatic rings. The average molecular weight is 270 g/mol. The molecular formula is C11H14N2O4S. The first-order valence-corrected chi connectivity index (χ1v) is 6.62. The Balaban J connectivity index is 3.14. The average Bonchev–Trinajstić information content (AvgIpc) is 2.37. The predicted molar refractivity (Wildman–Crippen MR) is 67.2 cm³/mol. The minimum absolute atomic E-state index is 0.235. The summed E-state index contributed by atoms with van der Waals surface area (Å²) in [6, 6.07) is 6.38. The maximum Gasteiger partial charge on any atom is 0.248 e. The van der Waals surface area contributed by atoms with Crippen LogP contribution in [-0.2, 0) is 10.0 Å². The van der Waals surface area contributed by atoms with E-state index in [0.717, 1.165) is 0 Å². The Morgan fingerprint density at radius 1 is 1.33 bits per heavy atom. The molecule has 6 nitrogen and oxygen atoms in total. The van der Waals surface area contributed by atoms with Gasteiger partial charge in [0.25, 0.3) is 0 Å². The Kier molecular flexibility index (Phi) is 4.39. The van der Waals surface area contributed by atoms with E-state index >= 15 is 0 Å². The molecule has 0 amide bonds. The molecule has 0 saturated heterocycles. The van der Waals surface area contributed by atoms with Crippen molar-refractivity contribution in [2.75, 3.05) is 18.9 Å². The molecule has 0 radical (unpaired) electrons. The first-order valence-electron chi connectivity index (χ1n) is 5.08. The van der Waals surface area contributed by atoms with Gasteiger partial charge in [0, 0.05) is 6.07 Å². The lowest BCUT2D eigenvalue weighted by atomic mass is 10.3. The molecule has 1 unspecified atom stereocenters. The highest BCUT2D eigenvalue weighted by Crippen LogP contribution is 2.30. The van der Waals surface area contributed by atoms with Crippen LogP contribution in [0.4, 0.5) is 5.69 Å². The molecule has 18 heavy (non-hydrogen) atoms. The van der Waals surface area contributed by atoms with Gasteiger partial charge in [-0.05, 0) is 19.1 Å². The van der Waals surface area contributed by atoms with E-state index in [1.807, 2.05) is 0 Å². The summed E-state index contributed by atoms with van der Waals surface area (Å²) >= 11 is 0. The highest BCUT2D eigenvalue weighted by Gasteiger charge is 2.21. The Morgan fingerprint density at radius 2 is 2.00 bits per heavy atom. The van der Waals surface area contributed by atoms with Crippen LogP contribution < -0.4 is 14.2 Å². The summed E-state index contributed by atoms with van der Waals surface area (Å²) in [4.78, 5) is 0. The molecule has 0 saturated carbocycles. The number of methoxy groups -OCH3 is 2. The third kappa shape index (κ3) is 3.05. The number of anilines is 1. The smallest absolute Gasteiger partial charge is 0.248 e. The number of nitriles is 1. The number of ether oxygens (including phenoxy) is 2. The zero-order valence-corrected chi connectivity index (χ0v) is 11.1. The quantitative estimate of drug-likeness (QED) is 0.872. The number of benzene rings is 1. The summed E-state index contributed by atoms with van der Waals surface area (Å²) in [5, 5.41) is 7.49. The molecule has 0 aliphatic heterocycles. The van der Waals surface area contributed by atoms with Crippen LogP contribution >= 0.6 is 0 Å². The van der Waals surface area contributed by atoms with Crippen LogP contribution in [0.15, 0.2) is 18.2 Å². The Labute approximate surface area is 106 Å². The molecule has 0 bridgehead atoms. The number of rotatable bonds is 5. The Hall–Kier alpha value is -1.94. The van der Waals surface area contributed by atoms with Crippen molar-refractivity contribution in [3.63, 3.8) is 0 Å². The van der Waals surface area contributed by atoms with E-state index in [2.05, 4.69) is 4.72 Å². The minimum atomic E-state index is -3.77. The summed E-state index contributed by atoms with van der Waals surface area (Å²) in [5.41, 5.74) is 0.235. The molecule has 1 rings (SSSR count). The van der Waals surface area contributed by atoms with Crippen molar-refractivity contribution in [2.45, 2.75) is 12.2 Å². The molecule has 1 aromatic rings. The molecule has 0 aliphatic carbocycles. The summed E-state index contributed by atoms with van der Waals surface area (Å²) in [5.74, 6) is 0.836. The lowest BCUT2D eigenvalue weighted by Gasteiger charge is -2.13. The lowest BCUT2D eigenvalue weighted by molar-refractivity contribution is 0.405. The van der Waals surface area contributed by atoms with Crippen LogP contribution in [0.3, 0.4) is 0 Å². The lowest BCUT2D eigenvalue weighted by Crippen LogP contribution is -2.24. The molecule has 7 heteroatoms. The highest BCUT2D eigenvalue weighted by molar-refractivity contribution is 7.93. The summed E-state index contributed by atoms with van der Waals surface area (Å²) in [6.07, 6.45) is 0. The second kappa shape index (κ2) is 5.60. The number of nitrogens with one attached hydrogen (secondary N) is 1. The monoisotopic (exact) mass is 270 g/mol. The van der Waals surface area contributed by atoms with E-state index in [4.69, 9.17) is 14.7 Å². The van der Waals surface area contributed by atoms with Gasteiger partial charge in [-0.3, -0.25) is 4.72 Å². The van der Waals surface area contributed by atoms with Gasteiger partial charge in [-0.25, -0.2) is 8.42 Å². The second-order valence-corrected chi connectivity index (χ2v) is 5.49. The summed E-state index contributed by atoms with van der Waals surface area (Å²) in [6.45, 7) is 1.30. The molecule has 0 fully saturated rings. The van der Waals surface area contributed by atoms with Crippen molar-refractivity contribution < 1.29 is 17.9 Å². The molecule has 1 aromatic carbocycles. The van der Waals surface area contributed by atoms with E-state index < -0.39 is 15.3 Å². The predicted octanol–water partition coefficient (Wildman–Crippen LogP) is 1.36.